The lowest BCUT2D eigenvalue weighted by Gasteiger charge is -2.17. The average Bonchev–Trinajstić information content (AvgIpc) is 3.11. The van der Waals surface area contributed by atoms with Crippen molar-refractivity contribution in [1.82, 2.24) is 9.78 Å². The van der Waals surface area contributed by atoms with E-state index in [1.54, 1.807) is 0 Å². The van der Waals surface area contributed by atoms with Crippen LogP contribution in [-0.4, -0.2) is 21.7 Å². The van der Waals surface area contributed by atoms with Crippen molar-refractivity contribution in [3.63, 3.8) is 0 Å². The van der Waals surface area contributed by atoms with Gasteiger partial charge in [-0.05, 0) is 36.4 Å². The number of carbonyl (C=O) groups excluding carboxylic acids is 1. The fourth-order valence-electron chi connectivity index (χ4n) is 3.28. The minimum atomic E-state index is -6.04. The summed E-state index contributed by atoms with van der Waals surface area (Å²) in [6, 6.07) is -1.87. The summed E-state index contributed by atoms with van der Waals surface area (Å²) in [6.45, 7) is 0. The second-order valence-electron chi connectivity index (χ2n) is 7.83. The number of hydrogen-bond donors (Lipinski definition) is 0. The van der Waals surface area contributed by atoms with Crippen LogP contribution in [0.15, 0.2) is 36.4 Å². The van der Waals surface area contributed by atoms with Crippen molar-refractivity contribution in [2.45, 2.75) is 30.9 Å². The number of alkyl halides is 15. The molecular formula is C21H6F15N2O2-. The Balaban J connectivity index is 2.47. The van der Waals surface area contributed by atoms with Gasteiger partial charge in [0.25, 0.3) is 5.78 Å². The van der Waals surface area contributed by atoms with Gasteiger partial charge in [-0.25, -0.2) is 4.68 Å². The van der Waals surface area contributed by atoms with Crippen LogP contribution in [0.4, 0.5) is 65.9 Å². The Morgan fingerprint density at radius 3 is 1.27 bits per heavy atom. The highest BCUT2D eigenvalue weighted by molar-refractivity contribution is 6.07. The highest BCUT2D eigenvalue weighted by atomic mass is 19.4. The number of ketones is 1. The van der Waals surface area contributed by atoms with Gasteiger partial charge in [-0.15, -0.1) is 0 Å². The average molecular weight is 603 g/mol. The largest absolute Gasteiger partial charge is 0.858 e. The first kappa shape index (κ1) is 30.6. The first-order valence-corrected chi connectivity index (χ1v) is 9.83. The number of hydrogen-bond acceptors (Lipinski definition) is 3. The van der Waals surface area contributed by atoms with Gasteiger partial charge in [0.05, 0.1) is 33.5 Å². The molecule has 1 aromatic heterocycles. The maximum atomic E-state index is 13.2. The van der Waals surface area contributed by atoms with Crippen LogP contribution in [-0.2, 0) is 24.7 Å². The Labute approximate surface area is 210 Å². The minimum absolute atomic E-state index is 0.220. The van der Waals surface area contributed by atoms with E-state index in [1.807, 2.05) is 0 Å². The number of halogens is 15. The van der Waals surface area contributed by atoms with Crippen molar-refractivity contribution in [3.8, 4) is 22.8 Å². The third-order valence-corrected chi connectivity index (χ3v) is 5.01. The van der Waals surface area contributed by atoms with Crippen LogP contribution in [0.3, 0.4) is 0 Å². The van der Waals surface area contributed by atoms with Crippen LogP contribution < -0.4 is 5.11 Å². The molecule has 1 heterocycles. The highest BCUT2D eigenvalue weighted by Gasteiger charge is 2.44. The summed E-state index contributed by atoms with van der Waals surface area (Å²) in [5.74, 6) is -5.58. The standard InChI is InChI=1S/C21H7F15N2O2/c22-17(23,24)8-1-7(2-9(3-8)18(25,26)27)14-13(15(39)21(34,35)36)16(40)38(37-14)12-5-10(19(28,29)30)4-11(6-12)20(31,32)33/h1-6,40H/p-1. The van der Waals surface area contributed by atoms with Gasteiger partial charge in [-0.2, -0.15) is 71.0 Å². The van der Waals surface area contributed by atoms with Crippen molar-refractivity contribution in [1.29, 1.82) is 0 Å². The molecule has 0 radical (unpaired) electrons. The monoisotopic (exact) mass is 603 g/mol. The molecule has 40 heavy (non-hydrogen) atoms. The van der Waals surface area contributed by atoms with E-state index in [9.17, 15) is 75.8 Å². The number of Topliss-reactive ketones (excluding diaryl/α,β-unsaturated/α-hetero) is 1. The number of nitrogens with zero attached hydrogens (tertiary/aromatic N) is 2. The molecule has 218 valence electrons. The molecule has 0 aliphatic rings. The minimum Gasteiger partial charge on any atom is -0.858 e. The molecule has 0 N–H and O–H groups in total. The number of benzene rings is 2. The Morgan fingerprint density at radius 2 is 0.950 bits per heavy atom. The number of aromatic nitrogens is 2. The van der Waals surface area contributed by atoms with Gasteiger partial charge in [-0.3, -0.25) is 4.79 Å². The van der Waals surface area contributed by atoms with Gasteiger partial charge in [0, 0.05) is 11.4 Å². The van der Waals surface area contributed by atoms with E-state index in [0.717, 1.165) is 0 Å². The molecule has 2 aromatic carbocycles. The van der Waals surface area contributed by atoms with E-state index >= 15 is 0 Å². The summed E-state index contributed by atoms with van der Waals surface area (Å²) >= 11 is 0. The Hall–Kier alpha value is -3.93. The third kappa shape index (κ3) is 6.11. The Bertz CT molecular complexity index is 1390. The quantitative estimate of drug-likeness (QED) is 0.231. The van der Waals surface area contributed by atoms with Crippen molar-refractivity contribution in [2.24, 2.45) is 0 Å². The fraction of sp³-hybridized carbons (Fsp3) is 0.238. The summed E-state index contributed by atoms with van der Waals surface area (Å²) in [7, 11) is 0. The van der Waals surface area contributed by atoms with Gasteiger partial charge < -0.3 is 5.11 Å². The molecular weight excluding hydrogens is 597 g/mol. The molecule has 0 unspecified atom stereocenters. The Morgan fingerprint density at radius 1 is 0.600 bits per heavy atom. The maximum absolute atomic E-state index is 13.2. The molecule has 0 atom stereocenters. The molecule has 0 bridgehead atoms. The van der Waals surface area contributed by atoms with Crippen molar-refractivity contribution < 1.29 is 75.8 Å². The molecule has 0 saturated heterocycles. The summed E-state index contributed by atoms with van der Waals surface area (Å²) in [4.78, 5) is 12.0. The smallest absolute Gasteiger partial charge is 0.454 e. The molecule has 0 spiro atoms. The molecule has 3 aromatic rings. The van der Waals surface area contributed by atoms with Crippen LogP contribution in [0.2, 0.25) is 0 Å². The van der Waals surface area contributed by atoms with Crippen molar-refractivity contribution in [3.05, 3.63) is 64.2 Å². The first-order valence-electron chi connectivity index (χ1n) is 9.83. The van der Waals surface area contributed by atoms with E-state index in [4.69, 9.17) is 0 Å². The zero-order chi connectivity index (χ0) is 30.8. The topological polar surface area (TPSA) is 58.0 Å². The van der Waals surface area contributed by atoms with Gasteiger partial charge in [-0.1, -0.05) is 0 Å². The summed E-state index contributed by atoms with van der Waals surface area (Å²) < 4.78 is 198. The predicted molar refractivity (Wildman–Crippen MR) is 98.8 cm³/mol. The van der Waals surface area contributed by atoms with Crippen molar-refractivity contribution in [2.75, 3.05) is 0 Å². The van der Waals surface area contributed by atoms with E-state index < -0.39 is 104 Å². The second kappa shape index (κ2) is 9.33. The zero-order valence-electron chi connectivity index (χ0n) is 18.3. The molecule has 0 fully saturated rings. The van der Waals surface area contributed by atoms with Crippen LogP contribution in [0.25, 0.3) is 16.9 Å². The lowest BCUT2D eigenvalue weighted by Crippen LogP contribution is -2.24. The summed E-state index contributed by atoms with van der Waals surface area (Å²) in [5, 5.41) is 15.7. The lowest BCUT2D eigenvalue weighted by molar-refractivity contribution is -0.278. The van der Waals surface area contributed by atoms with Gasteiger partial charge in [0.1, 0.15) is 5.69 Å². The maximum Gasteiger partial charge on any atom is 0.454 e. The van der Waals surface area contributed by atoms with E-state index in [1.165, 1.54) is 0 Å². The molecule has 19 heteroatoms. The lowest BCUT2D eigenvalue weighted by atomic mass is 9.99. The van der Waals surface area contributed by atoms with Crippen molar-refractivity contribution >= 4 is 5.78 Å². The van der Waals surface area contributed by atoms with E-state index in [-0.39, 0.29) is 24.3 Å². The highest BCUT2D eigenvalue weighted by Crippen LogP contribution is 2.43. The molecule has 0 amide bonds. The van der Waals surface area contributed by atoms with E-state index in [0.29, 0.717) is 0 Å². The summed E-state index contributed by atoms with van der Waals surface area (Å²) in [5.41, 5.74) is -15.7. The number of carbonyl (C=O) groups is 1. The van der Waals surface area contributed by atoms with Gasteiger partial charge >= 0.3 is 30.9 Å². The van der Waals surface area contributed by atoms with Crippen LogP contribution in [0, 0.1) is 0 Å². The van der Waals surface area contributed by atoms with E-state index in [2.05, 4.69) is 5.10 Å². The first-order chi connectivity index (χ1) is 17.8. The molecule has 4 nitrogen and oxygen atoms in total. The molecule has 0 aliphatic heterocycles. The third-order valence-electron chi connectivity index (χ3n) is 5.01. The van der Waals surface area contributed by atoms with Crippen LogP contribution >= 0.6 is 0 Å². The number of rotatable bonds is 3. The molecule has 3 rings (SSSR count). The SMILES string of the molecule is O=C(c1c(-c2cc(C(F)(F)F)cc(C(F)(F)F)c2)nn(-c2cc(C(F)(F)F)cc(C(F)(F)F)c2)c1[O-])C(F)(F)F. The van der Waals surface area contributed by atoms with Gasteiger partial charge in [0.15, 0.2) is 0 Å². The Kier molecular flexibility index (Phi) is 7.14. The summed E-state index contributed by atoms with van der Waals surface area (Å²) in [6.07, 6.45) is -28.3. The fourth-order valence-corrected chi connectivity index (χ4v) is 3.28. The predicted octanol–water partition coefficient (Wildman–Crippen LogP) is 7.43. The molecule has 0 aliphatic carbocycles. The second-order valence-corrected chi connectivity index (χ2v) is 7.83. The van der Waals surface area contributed by atoms with Gasteiger partial charge in [0.2, 0.25) is 0 Å². The normalized spacial score (nSPS) is 13.6. The van der Waals surface area contributed by atoms with Crippen LogP contribution in [0.1, 0.15) is 32.6 Å². The molecule has 0 saturated carbocycles. The zero-order valence-corrected chi connectivity index (χ0v) is 18.3. The van der Waals surface area contributed by atoms with Crippen LogP contribution in [0.5, 0.6) is 5.88 Å².